The summed E-state index contributed by atoms with van der Waals surface area (Å²) in [6, 6.07) is 0. The van der Waals surface area contributed by atoms with E-state index in [1.165, 1.54) is 0 Å². The van der Waals surface area contributed by atoms with Crippen molar-refractivity contribution >= 4 is 11.9 Å². The van der Waals surface area contributed by atoms with Gasteiger partial charge < -0.3 is 90.1 Å². The van der Waals surface area contributed by atoms with Crippen LogP contribution < -0.4 is 0 Å². The van der Waals surface area contributed by atoms with Crippen LogP contribution in [0.25, 0.3) is 0 Å². The molecule has 0 aromatic rings. The van der Waals surface area contributed by atoms with E-state index in [1.807, 2.05) is 0 Å². The number of carboxylic acid groups (broad SMARTS) is 2. The number of hydrogen-bond donors (Lipinski definition) is 13. The van der Waals surface area contributed by atoms with E-state index in [0.29, 0.717) is 0 Å². The lowest BCUT2D eigenvalue weighted by atomic mass is 9.89. The number of aliphatic hydroxyl groups is 11. The number of hydrogen-bond acceptors (Lipinski definition) is 18. The average Bonchev–Trinajstić information content (AvgIpc) is 2.94. The lowest BCUT2D eigenvalue weighted by Gasteiger charge is -2.50. The molecular weight excluding hydrogens is 584 g/mol. The lowest BCUT2D eigenvalue weighted by Crippen LogP contribution is -2.69. The molecule has 244 valence electrons. The Morgan fingerprint density at radius 1 is 0.810 bits per heavy atom. The molecule has 3 fully saturated rings. The molecule has 0 aliphatic carbocycles. The highest BCUT2D eigenvalue weighted by atomic mass is 16.8. The second-order valence-corrected chi connectivity index (χ2v) is 10.2. The maximum atomic E-state index is 12.5. The van der Waals surface area contributed by atoms with Crippen molar-refractivity contribution in [2.75, 3.05) is 19.8 Å². The predicted molar refractivity (Wildman–Crippen MR) is 124 cm³/mol. The second kappa shape index (κ2) is 13.5. The Bertz CT molecular complexity index is 936. The molecule has 3 heterocycles. The van der Waals surface area contributed by atoms with Crippen LogP contribution in [-0.2, 0) is 33.3 Å². The lowest BCUT2D eigenvalue weighted by molar-refractivity contribution is -0.392. The first-order valence-corrected chi connectivity index (χ1v) is 12.7. The van der Waals surface area contributed by atoms with Gasteiger partial charge in [0.25, 0.3) is 11.6 Å². The van der Waals surface area contributed by atoms with Gasteiger partial charge in [-0.05, 0) is 0 Å². The number of aliphatic hydroxyl groups excluding tert-OH is 10. The molecule has 0 aromatic carbocycles. The Balaban J connectivity index is 2.07. The highest BCUT2D eigenvalue weighted by molar-refractivity contribution is 5.76. The Morgan fingerprint density at radius 3 is 1.93 bits per heavy atom. The molecule has 13 N–H and O–H groups in total. The third-order valence-electron chi connectivity index (χ3n) is 7.31. The highest BCUT2D eigenvalue weighted by Gasteiger charge is 2.61. The molecule has 3 aliphatic heterocycles. The van der Waals surface area contributed by atoms with E-state index >= 15 is 0 Å². The SMILES string of the molecule is O=C(O)[C@@]1(O[C@@H]2C[C@](O)(C(=O)O)O[C@H]([C@H](O)CO)[C@@H]2O[C@H]2O[C@H](CO)[C@@H](O)[C@H](O)[C@H]2O)C[C@@H](O)[C@@H](O)[C@@H]([C@H](O)CO)O1. The molecule has 0 unspecified atom stereocenters. The molecule has 15 atom stereocenters. The van der Waals surface area contributed by atoms with Gasteiger partial charge in [-0.2, -0.15) is 0 Å². The molecule has 0 bridgehead atoms. The third-order valence-corrected chi connectivity index (χ3v) is 7.31. The van der Waals surface area contributed by atoms with Crippen LogP contribution in [-0.4, -0.2) is 189 Å². The molecular formula is C22H36O20. The van der Waals surface area contributed by atoms with E-state index in [2.05, 4.69) is 0 Å². The molecule has 0 aromatic heterocycles. The molecule has 3 aliphatic rings. The zero-order valence-electron chi connectivity index (χ0n) is 21.7. The molecule has 20 heteroatoms. The van der Waals surface area contributed by atoms with Crippen LogP contribution in [0, 0.1) is 0 Å². The minimum absolute atomic E-state index is 0.905. The van der Waals surface area contributed by atoms with Gasteiger partial charge >= 0.3 is 11.9 Å². The molecule has 3 rings (SSSR count). The number of carboxylic acids is 2. The van der Waals surface area contributed by atoms with Gasteiger partial charge in [-0.1, -0.05) is 0 Å². The van der Waals surface area contributed by atoms with Crippen LogP contribution in [0.2, 0.25) is 0 Å². The summed E-state index contributed by atoms with van der Waals surface area (Å²) in [6.45, 7) is -3.15. The summed E-state index contributed by atoms with van der Waals surface area (Å²) in [5.41, 5.74) is 0. The zero-order valence-corrected chi connectivity index (χ0v) is 21.7. The molecule has 3 saturated heterocycles. The zero-order chi connectivity index (χ0) is 31.7. The van der Waals surface area contributed by atoms with E-state index in [-0.39, 0.29) is 0 Å². The molecule has 0 radical (unpaired) electrons. The van der Waals surface area contributed by atoms with Crippen molar-refractivity contribution in [2.24, 2.45) is 0 Å². The van der Waals surface area contributed by atoms with Crippen LogP contribution in [0.5, 0.6) is 0 Å². The fourth-order valence-electron chi connectivity index (χ4n) is 4.96. The quantitative estimate of drug-likeness (QED) is 0.102. The van der Waals surface area contributed by atoms with Gasteiger partial charge in [0.05, 0.1) is 32.0 Å². The summed E-state index contributed by atoms with van der Waals surface area (Å²) in [7, 11) is 0. The monoisotopic (exact) mass is 620 g/mol. The Kier molecular flexibility index (Phi) is 11.2. The summed E-state index contributed by atoms with van der Waals surface area (Å²) in [5, 5.41) is 131. The largest absolute Gasteiger partial charge is 0.477 e. The standard InChI is InChI=1S/C22H36O20/c23-3-7(27)15-11(29)6(26)1-22(42-15,20(35)36)40-9-2-21(37,19(33)34)41-16(8(28)4-24)17(9)39-18-14(32)13(31)12(30)10(5-25)38-18/h6-18,23-32,37H,1-5H2,(H,33,34)(H,35,36)/t6-,7-,8-,9-,10-,11-,12-,13+,14-,15-,16-,17-,18-,21-,22-/m1/s1. The highest BCUT2D eigenvalue weighted by Crippen LogP contribution is 2.40. The van der Waals surface area contributed by atoms with Gasteiger partial charge in [-0.15, -0.1) is 0 Å². The maximum absolute atomic E-state index is 12.5. The topological polar surface area (TPSA) is 343 Å². The average molecular weight is 621 g/mol. The molecule has 0 saturated carbocycles. The minimum atomic E-state index is -3.25. The van der Waals surface area contributed by atoms with Crippen LogP contribution in [0.4, 0.5) is 0 Å². The van der Waals surface area contributed by atoms with Gasteiger partial charge in [-0.3, -0.25) is 0 Å². The van der Waals surface area contributed by atoms with Crippen LogP contribution in [0.1, 0.15) is 12.8 Å². The maximum Gasteiger partial charge on any atom is 0.364 e. The van der Waals surface area contributed by atoms with Crippen molar-refractivity contribution in [3.63, 3.8) is 0 Å². The second-order valence-electron chi connectivity index (χ2n) is 10.2. The summed E-state index contributed by atoms with van der Waals surface area (Å²) in [5.74, 6) is -10.4. The Hall–Kier alpha value is -1.70. The van der Waals surface area contributed by atoms with E-state index in [0.717, 1.165) is 0 Å². The van der Waals surface area contributed by atoms with E-state index in [1.54, 1.807) is 0 Å². The van der Waals surface area contributed by atoms with Crippen molar-refractivity contribution in [2.45, 2.75) is 104 Å². The molecule has 20 nitrogen and oxygen atoms in total. The minimum Gasteiger partial charge on any atom is -0.477 e. The van der Waals surface area contributed by atoms with Crippen molar-refractivity contribution in [3.05, 3.63) is 0 Å². The van der Waals surface area contributed by atoms with Crippen molar-refractivity contribution in [3.8, 4) is 0 Å². The van der Waals surface area contributed by atoms with Gasteiger partial charge in [0.1, 0.15) is 61.0 Å². The first kappa shape index (κ1) is 34.8. The number of ether oxygens (including phenoxy) is 5. The fourth-order valence-corrected chi connectivity index (χ4v) is 4.96. The summed E-state index contributed by atoms with van der Waals surface area (Å²) >= 11 is 0. The predicted octanol–water partition coefficient (Wildman–Crippen LogP) is -7.88. The van der Waals surface area contributed by atoms with Crippen molar-refractivity contribution in [1.82, 2.24) is 0 Å². The first-order chi connectivity index (χ1) is 19.5. The van der Waals surface area contributed by atoms with Gasteiger partial charge in [0.2, 0.25) is 0 Å². The Labute approximate surface area is 236 Å². The van der Waals surface area contributed by atoms with Gasteiger partial charge in [0, 0.05) is 12.8 Å². The normalized spacial score (nSPS) is 46.1. The number of rotatable bonds is 11. The number of carbonyl (C=O) groups is 2. The molecule has 0 amide bonds. The van der Waals surface area contributed by atoms with E-state index < -0.39 is 136 Å². The van der Waals surface area contributed by atoms with Crippen molar-refractivity contribution in [1.29, 1.82) is 0 Å². The summed E-state index contributed by atoms with van der Waals surface area (Å²) in [6.07, 6.45) is -28.0. The van der Waals surface area contributed by atoms with Crippen molar-refractivity contribution < 1.29 is 99.7 Å². The first-order valence-electron chi connectivity index (χ1n) is 12.7. The Morgan fingerprint density at radius 2 is 1.40 bits per heavy atom. The molecule has 0 spiro atoms. The van der Waals surface area contributed by atoms with Gasteiger partial charge in [-0.25, -0.2) is 9.59 Å². The third kappa shape index (κ3) is 6.68. The van der Waals surface area contributed by atoms with Crippen LogP contribution >= 0.6 is 0 Å². The summed E-state index contributed by atoms with van der Waals surface area (Å²) in [4.78, 5) is 24.4. The number of aliphatic carboxylic acids is 2. The van der Waals surface area contributed by atoms with Crippen LogP contribution in [0.15, 0.2) is 0 Å². The smallest absolute Gasteiger partial charge is 0.364 e. The molecule has 42 heavy (non-hydrogen) atoms. The fraction of sp³-hybridized carbons (Fsp3) is 0.909. The van der Waals surface area contributed by atoms with E-state index in [4.69, 9.17) is 23.7 Å². The van der Waals surface area contributed by atoms with Crippen LogP contribution in [0.3, 0.4) is 0 Å². The van der Waals surface area contributed by atoms with E-state index in [9.17, 15) is 76.0 Å². The van der Waals surface area contributed by atoms with Gasteiger partial charge in [0.15, 0.2) is 6.29 Å². The summed E-state index contributed by atoms with van der Waals surface area (Å²) < 4.78 is 26.8.